The minimum atomic E-state index is 0. The molecule has 29 heavy (non-hydrogen) atoms. The Morgan fingerprint density at radius 3 is 1.38 bits per heavy atom. The Bertz CT molecular complexity index is 444. The minimum Gasteiger partial charge on any atom is -0.333 e. The van der Waals surface area contributed by atoms with Gasteiger partial charge >= 0.3 is 0 Å². The summed E-state index contributed by atoms with van der Waals surface area (Å²) in [5.41, 5.74) is 9.02. The van der Waals surface area contributed by atoms with Crippen molar-refractivity contribution in [3.63, 3.8) is 0 Å². The van der Waals surface area contributed by atoms with E-state index in [2.05, 4.69) is 44.7 Å². The Kier molecular flexibility index (Phi) is 25.5. The first-order valence-electron chi connectivity index (χ1n) is 12.4. The van der Waals surface area contributed by atoms with Crippen LogP contribution in [0.25, 0.3) is 0 Å². The lowest BCUT2D eigenvalue weighted by Crippen LogP contribution is -1.92. The normalized spacial score (nSPS) is 10.2. The summed E-state index contributed by atoms with van der Waals surface area (Å²) in [5, 5.41) is 0. The predicted octanol–water partition coefficient (Wildman–Crippen LogP) is 9.26. The van der Waals surface area contributed by atoms with E-state index in [-0.39, 0.29) is 17.0 Å². The van der Waals surface area contributed by atoms with Gasteiger partial charge in [0.25, 0.3) is 0 Å². The zero-order valence-corrected chi connectivity index (χ0v) is 22.0. The zero-order valence-electron chi connectivity index (χ0n) is 20.2. The van der Waals surface area contributed by atoms with Crippen molar-refractivity contribution in [3.8, 4) is 0 Å². The molecule has 0 spiro atoms. The Labute approximate surface area is 194 Å². The van der Waals surface area contributed by atoms with Crippen LogP contribution < -0.4 is 5.73 Å². The topological polar surface area (TPSA) is 26.0 Å². The molecule has 0 amide bonds. The molecule has 2 N–H and O–H groups in total. The molecule has 2 heteroatoms. The Morgan fingerprint density at radius 1 is 0.586 bits per heavy atom. The lowest BCUT2D eigenvalue weighted by atomic mass is 9.98. The molecule has 0 aliphatic heterocycles. The molecule has 1 nitrogen and oxygen atoms in total. The van der Waals surface area contributed by atoms with Crippen LogP contribution in [0.3, 0.4) is 0 Å². The smallest absolute Gasteiger partial charge is 0.0195 e. The van der Waals surface area contributed by atoms with Crippen molar-refractivity contribution in [2.75, 3.05) is 7.05 Å². The number of aryl methyl sites for hydroxylation is 2. The van der Waals surface area contributed by atoms with Crippen molar-refractivity contribution >= 4 is 17.0 Å². The summed E-state index contributed by atoms with van der Waals surface area (Å²) in [4.78, 5) is 0. The molecule has 0 radical (unpaired) electrons. The molecule has 0 heterocycles. The van der Waals surface area contributed by atoms with Crippen molar-refractivity contribution in [1.29, 1.82) is 0 Å². The van der Waals surface area contributed by atoms with E-state index in [9.17, 15) is 0 Å². The van der Waals surface area contributed by atoms with Gasteiger partial charge in [-0.1, -0.05) is 121 Å². The van der Waals surface area contributed by atoms with Crippen molar-refractivity contribution in [2.45, 2.75) is 130 Å². The molecule has 0 unspecified atom stereocenters. The van der Waals surface area contributed by atoms with Crippen LogP contribution in [0.15, 0.2) is 18.2 Å². The fourth-order valence-electron chi connectivity index (χ4n) is 3.95. The van der Waals surface area contributed by atoms with Crippen LogP contribution in [-0.2, 0) is 6.42 Å². The molecule has 1 aromatic rings. The molecule has 1 rings (SSSR count). The first-order valence-corrected chi connectivity index (χ1v) is 12.4. The second-order valence-corrected chi connectivity index (χ2v) is 8.41. The summed E-state index contributed by atoms with van der Waals surface area (Å²) in [6.45, 7) is 6.80. The maximum absolute atomic E-state index is 4.50. The second kappa shape index (κ2) is 23.9. The summed E-state index contributed by atoms with van der Waals surface area (Å²) in [6.07, 6.45) is 24.4. The Hall–Kier alpha value is -0.340. The Balaban J connectivity index is 0. The van der Waals surface area contributed by atoms with E-state index < -0.39 is 0 Å². The summed E-state index contributed by atoms with van der Waals surface area (Å²) in [7, 11) is 1.50. The standard InChI is InChI=1S/C26H46.CH5N.BrH/c1-4-5-6-7-8-9-10-11-12-13-14-15-16-17-18-19-22-26-23-20-21-24(2)25(26)3;1-2;/h20-21,23H,4-19,22H2,1-3H3;2H2,1H3;1H. The van der Waals surface area contributed by atoms with E-state index in [0.29, 0.717) is 0 Å². The first-order chi connectivity index (χ1) is 13.8. The average molecular weight is 471 g/mol. The molecule has 0 saturated heterocycles. The van der Waals surface area contributed by atoms with Gasteiger partial charge in [-0.3, -0.25) is 0 Å². The van der Waals surface area contributed by atoms with E-state index in [1.165, 1.54) is 127 Å². The SMILES string of the molecule is Br.CCCCCCCCCCCCCCCCCCc1cccc(C)c1C.CN. The van der Waals surface area contributed by atoms with Gasteiger partial charge in [0.2, 0.25) is 0 Å². The lowest BCUT2D eigenvalue weighted by molar-refractivity contribution is 0.529. The third-order valence-corrected chi connectivity index (χ3v) is 6.02. The fourth-order valence-corrected chi connectivity index (χ4v) is 3.95. The van der Waals surface area contributed by atoms with E-state index in [1.54, 1.807) is 5.56 Å². The number of halogens is 1. The fraction of sp³-hybridized carbons (Fsp3) is 0.778. The van der Waals surface area contributed by atoms with E-state index >= 15 is 0 Å². The molecule has 0 aliphatic rings. The molecular formula is C27H52BrN. The van der Waals surface area contributed by atoms with Crippen molar-refractivity contribution in [1.82, 2.24) is 0 Å². The van der Waals surface area contributed by atoms with Crippen LogP contribution >= 0.6 is 17.0 Å². The van der Waals surface area contributed by atoms with Gasteiger partial charge in [-0.15, -0.1) is 17.0 Å². The molecule has 172 valence electrons. The molecule has 0 fully saturated rings. The van der Waals surface area contributed by atoms with Gasteiger partial charge in [0, 0.05) is 0 Å². The van der Waals surface area contributed by atoms with E-state index in [4.69, 9.17) is 0 Å². The molecule has 0 bridgehead atoms. The largest absolute Gasteiger partial charge is 0.333 e. The molecule has 0 aromatic heterocycles. The highest BCUT2D eigenvalue weighted by Crippen LogP contribution is 2.17. The molecule has 0 aliphatic carbocycles. The minimum absolute atomic E-state index is 0. The third-order valence-electron chi connectivity index (χ3n) is 6.02. The van der Waals surface area contributed by atoms with Crippen LogP contribution in [0.2, 0.25) is 0 Å². The van der Waals surface area contributed by atoms with Gasteiger partial charge in [0.05, 0.1) is 0 Å². The van der Waals surface area contributed by atoms with E-state index in [0.717, 1.165) is 0 Å². The second-order valence-electron chi connectivity index (χ2n) is 8.41. The summed E-state index contributed by atoms with van der Waals surface area (Å²) in [5.74, 6) is 0. The average Bonchev–Trinajstić information content (AvgIpc) is 2.72. The van der Waals surface area contributed by atoms with E-state index in [1.807, 2.05) is 0 Å². The lowest BCUT2D eigenvalue weighted by Gasteiger charge is -2.08. The van der Waals surface area contributed by atoms with Crippen LogP contribution in [0.5, 0.6) is 0 Å². The molecule has 0 saturated carbocycles. The number of benzene rings is 1. The highest BCUT2D eigenvalue weighted by molar-refractivity contribution is 8.93. The van der Waals surface area contributed by atoms with Gasteiger partial charge in [0.15, 0.2) is 0 Å². The monoisotopic (exact) mass is 469 g/mol. The summed E-state index contributed by atoms with van der Waals surface area (Å²) in [6, 6.07) is 6.75. The highest BCUT2D eigenvalue weighted by atomic mass is 79.9. The van der Waals surface area contributed by atoms with Gasteiger partial charge in [-0.25, -0.2) is 0 Å². The van der Waals surface area contributed by atoms with Crippen LogP contribution in [0, 0.1) is 13.8 Å². The maximum atomic E-state index is 4.50. The summed E-state index contributed by atoms with van der Waals surface area (Å²) < 4.78 is 0. The van der Waals surface area contributed by atoms with Gasteiger partial charge in [-0.05, 0) is 50.4 Å². The number of hydrogen-bond donors (Lipinski definition) is 1. The van der Waals surface area contributed by atoms with Gasteiger partial charge < -0.3 is 5.73 Å². The van der Waals surface area contributed by atoms with Gasteiger partial charge in [0.1, 0.15) is 0 Å². The zero-order chi connectivity index (χ0) is 20.9. The number of unbranched alkanes of at least 4 members (excludes halogenated alkanes) is 15. The van der Waals surface area contributed by atoms with Gasteiger partial charge in [-0.2, -0.15) is 0 Å². The Morgan fingerprint density at radius 2 is 0.966 bits per heavy atom. The van der Waals surface area contributed by atoms with Crippen LogP contribution in [0.1, 0.15) is 126 Å². The van der Waals surface area contributed by atoms with Crippen molar-refractivity contribution in [3.05, 3.63) is 34.9 Å². The maximum Gasteiger partial charge on any atom is -0.0195 e. The molecular weight excluding hydrogens is 418 g/mol. The predicted molar refractivity (Wildman–Crippen MR) is 140 cm³/mol. The van der Waals surface area contributed by atoms with Crippen LogP contribution in [-0.4, -0.2) is 7.05 Å². The number of nitrogens with two attached hydrogens (primary N) is 1. The third kappa shape index (κ3) is 18.2. The quantitative estimate of drug-likeness (QED) is 0.226. The molecule has 0 atom stereocenters. The van der Waals surface area contributed by atoms with Crippen LogP contribution in [0.4, 0.5) is 0 Å². The number of rotatable bonds is 17. The van der Waals surface area contributed by atoms with Crippen molar-refractivity contribution < 1.29 is 0 Å². The van der Waals surface area contributed by atoms with Crippen molar-refractivity contribution in [2.24, 2.45) is 5.73 Å². The first kappa shape index (κ1) is 30.9. The summed E-state index contributed by atoms with van der Waals surface area (Å²) >= 11 is 0. The highest BCUT2D eigenvalue weighted by Gasteiger charge is 2.00. The molecule has 1 aromatic carbocycles. The number of hydrogen-bond acceptors (Lipinski definition) is 1.